The molecule has 1 aliphatic heterocycles. The summed E-state index contributed by atoms with van der Waals surface area (Å²) in [6.07, 6.45) is 0.782. The monoisotopic (exact) mass is 413 g/mol. The Bertz CT molecular complexity index is 846. The largest absolute Gasteiger partial charge is 0.462 e. The highest BCUT2D eigenvalue weighted by molar-refractivity contribution is 7.17. The molecule has 0 fully saturated rings. The van der Waals surface area contributed by atoms with Gasteiger partial charge in [0.05, 0.1) is 30.6 Å². The number of ether oxygens (including phenoxy) is 1. The molecule has 0 saturated carbocycles. The van der Waals surface area contributed by atoms with Crippen molar-refractivity contribution in [1.82, 2.24) is 0 Å². The number of rotatable bonds is 4. The molecule has 1 aromatic heterocycles. The van der Waals surface area contributed by atoms with Crippen LogP contribution < -0.4 is 10.2 Å². The Balaban J connectivity index is 1.96. The molecule has 8 heteroatoms. The summed E-state index contributed by atoms with van der Waals surface area (Å²) < 4.78 is 5.21. The number of amides is 1. The number of esters is 1. The lowest BCUT2D eigenvalue weighted by Gasteiger charge is -2.19. The average molecular weight is 414 g/mol. The van der Waals surface area contributed by atoms with Gasteiger partial charge in [-0.3, -0.25) is 4.79 Å². The molecule has 0 spiro atoms. The molecule has 1 unspecified atom stereocenters. The number of carbonyl (C=O) groups is 2. The molecule has 3 rings (SSSR count). The Labute approximate surface area is 165 Å². The van der Waals surface area contributed by atoms with E-state index in [4.69, 9.17) is 27.9 Å². The van der Waals surface area contributed by atoms with Gasteiger partial charge in [0.1, 0.15) is 11.5 Å². The number of hydrogen-bond acceptors (Lipinski definition) is 4. The maximum Gasteiger partial charge on any atom is 0.341 e. The van der Waals surface area contributed by atoms with Crippen LogP contribution >= 0.6 is 34.5 Å². The summed E-state index contributed by atoms with van der Waals surface area (Å²) in [5.41, 5.74) is 1.80. The third kappa shape index (κ3) is 4.04. The fourth-order valence-electron chi connectivity index (χ4n) is 2.99. The zero-order chi connectivity index (χ0) is 18.8. The van der Waals surface area contributed by atoms with E-state index in [0.29, 0.717) is 26.2 Å². The normalized spacial score (nSPS) is 16.1. The highest BCUT2D eigenvalue weighted by Gasteiger charge is 2.30. The minimum Gasteiger partial charge on any atom is -0.462 e. The Morgan fingerprint density at radius 3 is 2.62 bits per heavy atom. The van der Waals surface area contributed by atoms with Crippen LogP contribution in [0.1, 0.15) is 38.1 Å². The summed E-state index contributed by atoms with van der Waals surface area (Å²) in [6, 6.07) is 4.64. The first-order valence-electron chi connectivity index (χ1n) is 8.29. The van der Waals surface area contributed by atoms with Gasteiger partial charge in [0.15, 0.2) is 0 Å². The highest BCUT2D eigenvalue weighted by Crippen LogP contribution is 2.35. The highest BCUT2D eigenvalue weighted by atomic mass is 35.5. The first-order chi connectivity index (χ1) is 12.4. The maximum atomic E-state index is 12.6. The molecular weight excluding hydrogens is 395 g/mol. The lowest BCUT2D eigenvalue weighted by molar-refractivity contribution is -0.895. The van der Waals surface area contributed by atoms with E-state index in [2.05, 4.69) is 12.4 Å². The maximum absolute atomic E-state index is 12.6. The predicted molar refractivity (Wildman–Crippen MR) is 104 cm³/mol. The van der Waals surface area contributed by atoms with E-state index in [1.54, 1.807) is 13.0 Å². The van der Waals surface area contributed by atoms with E-state index in [-0.39, 0.29) is 12.5 Å². The number of quaternary nitrogens is 1. The number of hydrogen-bond donors (Lipinski definition) is 2. The third-order valence-corrected chi connectivity index (χ3v) is 5.77. The predicted octanol–water partition coefficient (Wildman–Crippen LogP) is 3.05. The topological polar surface area (TPSA) is 59.8 Å². The molecule has 26 heavy (non-hydrogen) atoms. The Morgan fingerprint density at radius 2 is 1.96 bits per heavy atom. The summed E-state index contributed by atoms with van der Waals surface area (Å²) in [5, 5.41) is 4.12. The van der Waals surface area contributed by atoms with Gasteiger partial charge in [-0.05, 0) is 30.7 Å². The van der Waals surface area contributed by atoms with E-state index in [1.807, 2.05) is 0 Å². The van der Waals surface area contributed by atoms with Gasteiger partial charge in [-0.1, -0.05) is 23.2 Å². The molecule has 138 valence electrons. The standard InChI is InChI=1S/C18H18Cl2N2O3S/c1-3-25-18(24)15-13-4-5-22(2)9-14(13)26-17(15)21-16(23)10-6-11(19)8-12(20)7-10/h6-8H,3-5,9H2,1-2H3,(H,21,23)/p+1. The number of carbonyl (C=O) groups excluding carboxylic acids is 2. The zero-order valence-electron chi connectivity index (χ0n) is 14.4. The van der Waals surface area contributed by atoms with E-state index in [0.717, 1.165) is 30.0 Å². The lowest BCUT2D eigenvalue weighted by atomic mass is 10.0. The molecule has 2 heterocycles. The van der Waals surface area contributed by atoms with Crippen LogP contribution in [0.4, 0.5) is 5.00 Å². The van der Waals surface area contributed by atoms with Crippen molar-refractivity contribution in [3.8, 4) is 0 Å². The molecule has 5 nitrogen and oxygen atoms in total. The van der Waals surface area contributed by atoms with Gasteiger partial charge in [0.2, 0.25) is 0 Å². The van der Waals surface area contributed by atoms with Gasteiger partial charge >= 0.3 is 5.97 Å². The fourth-order valence-corrected chi connectivity index (χ4v) is 4.86. The first kappa shape index (κ1) is 19.2. The molecule has 0 saturated heterocycles. The van der Waals surface area contributed by atoms with E-state index >= 15 is 0 Å². The minimum atomic E-state index is -0.399. The van der Waals surface area contributed by atoms with Crippen LogP contribution in [0.2, 0.25) is 10.0 Å². The van der Waals surface area contributed by atoms with E-state index in [9.17, 15) is 9.59 Å². The van der Waals surface area contributed by atoms with E-state index in [1.165, 1.54) is 28.4 Å². The van der Waals surface area contributed by atoms with Crippen molar-refractivity contribution in [1.29, 1.82) is 0 Å². The van der Waals surface area contributed by atoms with Crippen LogP contribution in [0.3, 0.4) is 0 Å². The number of nitrogens with one attached hydrogen (secondary N) is 2. The lowest BCUT2D eigenvalue weighted by Crippen LogP contribution is -3.08. The second kappa shape index (κ2) is 7.96. The van der Waals surface area contributed by atoms with Gasteiger partial charge in [-0.15, -0.1) is 11.3 Å². The van der Waals surface area contributed by atoms with Gasteiger partial charge in [0, 0.05) is 22.0 Å². The van der Waals surface area contributed by atoms with Crippen LogP contribution in [-0.4, -0.2) is 32.1 Å². The number of thiophene rings is 1. The van der Waals surface area contributed by atoms with Crippen molar-refractivity contribution in [2.45, 2.75) is 19.9 Å². The van der Waals surface area contributed by atoms with Crippen molar-refractivity contribution >= 4 is 51.4 Å². The van der Waals surface area contributed by atoms with Gasteiger partial charge in [0.25, 0.3) is 5.91 Å². The summed E-state index contributed by atoms with van der Waals surface area (Å²) in [7, 11) is 2.11. The van der Waals surface area contributed by atoms with E-state index < -0.39 is 5.97 Å². The van der Waals surface area contributed by atoms with Crippen molar-refractivity contribution in [2.75, 3.05) is 25.5 Å². The van der Waals surface area contributed by atoms with Crippen LogP contribution in [0.15, 0.2) is 18.2 Å². The smallest absolute Gasteiger partial charge is 0.341 e. The molecule has 2 aromatic rings. The minimum absolute atomic E-state index is 0.284. The van der Waals surface area contributed by atoms with Crippen molar-refractivity contribution in [2.24, 2.45) is 0 Å². The van der Waals surface area contributed by atoms with Crippen molar-refractivity contribution in [3.05, 3.63) is 49.8 Å². The number of halogens is 2. The van der Waals surface area contributed by atoms with Gasteiger partial charge < -0.3 is 15.0 Å². The molecule has 1 atom stereocenters. The molecule has 1 aliphatic rings. The quantitative estimate of drug-likeness (QED) is 0.757. The average Bonchev–Trinajstić information content (AvgIpc) is 2.90. The summed E-state index contributed by atoms with van der Waals surface area (Å²) in [4.78, 5) is 27.6. The van der Waals surface area contributed by atoms with Gasteiger partial charge in [-0.2, -0.15) is 0 Å². The third-order valence-electron chi connectivity index (χ3n) is 4.19. The molecule has 2 N–H and O–H groups in total. The first-order valence-corrected chi connectivity index (χ1v) is 9.86. The van der Waals surface area contributed by atoms with Crippen LogP contribution in [0.5, 0.6) is 0 Å². The molecule has 0 aliphatic carbocycles. The zero-order valence-corrected chi connectivity index (χ0v) is 16.8. The summed E-state index contributed by atoms with van der Waals surface area (Å²) in [5.74, 6) is -0.761. The van der Waals surface area contributed by atoms with Crippen molar-refractivity contribution in [3.63, 3.8) is 0 Å². The Kier molecular flexibility index (Phi) is 5.87. The second-order valence-electron chi connectivity index (χ2n) is 6.17. The summed E-state index contributed by atoms with van der Waals surface area (Å²) in [6.45, 7) is 3.81. The molecule has 1 amide bonds. The SMILES string of the molecule is CCOC(=O)c1c(NC(=O)c2cc(Cl)cc(Cl)c2)sc2c1CC[NH+](C)C2. The molecular formula is C18H19Cl2N2O3S+. The van der Waals surface area contributed by atoms with Crippen molar-refractivity contribution < 1.29 is 19.2 Å². The van der Waals surface area contributed by atoms with Gasteiger partial charge in [-0.25, -0.2) is 4.79 Å². The molecule has 0 bridgehead atoms. The Hall–Kier alpha value is -1.60. The fraction of sp³-hybridized carbons (Fsp3) is 0.333. The number of fused-ring (bicyclic) bond motifs is 1. The number of likely N-dealkylation sites (N-methyl/N-ethyl adjacent to an activating group) is 1. The van der Waals surface area contributed by atoms with Crippen LogP contribution in [-0.2, 0) is 17.7 Å². The van der Waals surface area contributed by atoms with Crippen LogP contribution in [0, 0.1) is 0 Å². The molecule has 0 radical (unpaired) electrons. The van der Waals surface area contributed by atoms with Crippen LogP contribution in [0.25, 0.3) is 0 Å². The number of anilines is 1. The summed E-state index contributed by atoms with van der Waals surface area (Å²) >= 11 is 13.4. The second-order valence-corrected chi connectivity index (χ2v) is 8.15. The Morgan fingerprint density at radius 1 is 1.27 bits per heavy atom. The molecule has 1 aromatic carbocycles. The number of benzene rings is 1.